The van der Waals surface area contributed by atoms with Crippen LogP contribution in [0.3, 0.4) is 0 Å². The summed E-state index contributed by atoms with van der Waals surface area (Å²) < 4.78 is 44.9. The van der Waals surface area contributed by atoms with E-state index in [1.54, 1.807) is 13.8 Å². The van der Waals surface area contributed by atoms with Gasteiger partial charge in [-0.3, -0.25) is 4.79 Å². The zero-order valence-electron chi connectivity index (χ0n) is 14.8. The standard InChI is InChI=1S/C18H19FN2O5S/c1-3-26-18(23)13-5-8-15(9-6-13)27(24,25)20-11-17(22)21-14-7-4-12(2)16(19)10-14/h4-10,20H,3,11H2,1-2H3,(H,21,22). The van der Waals surface area contributed by atoms with E-state index in [1.807, 2.05) is 0 Å². The molecule has 7 nitrogen and oxygen atoms in total. The highest BCUT2D eigenvalue weighted by Gasteiger charge is 2.17. The highest BCUT2D eigenvalue weighted by Crippen LogP contribution is 2.14. The summed E-state index contributed by atoms with van der Waals surface area (Å²) in [4.78, 5) is 23.3. The molecule has 0 aromatic heterocycles. The molecule has 2 aromatic rings. The lowest BCUT2D eigenvalue weighted by Crippen LogP contribution is -2.33. The molecule has 1 amide bonds. The van der Waals surface area contributed by atoms with Crippen LogP contribution in [0.4, 0.5) is 10.1 Å². The molecule has 0 saturated carbocycles. The van der Waals surface area contributed by atoms with Gasteiger partial charge in [0.2, 0.25) is 15.9 Å². The quantitative estimate of drug-likeness (QED) is 0.701. The fourth-order valence-electron chi connectivity index (χ4n) is 2.10. The molecular formula is C18H19FN2O5S. The number of anilines is 1. The predicted molar refractivity (Wildman–Crippen MR) is 97.4 cm³/mol. The van der Waals surface area contributed by atoms with E-state index in [0.717, 1.165) is 6.07 Å². The molecule has 0 bridgehead atoms. The van der Waals surface area contributed by atoms with Crippen LogP contribution in [0, 0.1) is 12.7 Å². The monoisotopic (exact) mass is 394 g/mol. The van der Waals surface area contributed by atoms with Crippen molar-refractivity contribution in [3.05, 3.63) is 59.4 Å². The lowest BCUT2D eigenvalue weighted by Gasteiger charge is -2.09. The summed E-state index contributed by atoms with van der Waals surface area (Å²) in [5.74, 6) is -1.68. The molecule has 2 N–H and O–H groups in total. The summed E-state index contributed by atoms with van der Waals surface area (Å²) in [7, 11) is -3.95. The van der Waals surface area contributed by atoms with Crippen LogP contribution in [0.1, 0.15) is 22.8 Å². The van der Waals surface area contributed by atoms with E-state index in [1.165, 1.54) is 36.4 Å². The Hall–Kier alpha value is -2.78. The van der Waals surface area contributed by atoms with Crippen molar-refractivity contribution in [3.8, 4) is 0 Å². The van der Waals surface area contributed by atoms with Crippen LogP contribution >= 0.6 is 0 Å². The highest BCUT2D eigenvalue weighted by molar-refractivity contribution is 7.89. The Morgan fingerprint density at radius 2 is 1.78 bits per heavy atom. The molecule has 0 unspecified atom stereocenters. The first-order valence-electron chi connectivity index (χ1n) is 8.06. The Bertz CT molecular complexity index is 943. The number of carbonyl (C=O) groups excluding carboxylic acids is 2. The number of ether oxygens (including phenoxy) is 1. The van der Waals surface area contributed by atoms with E-state index in [9.17, 15) is 22.4 Å². The number of hydrogen-bond donors (Lipinski definition) is 2. The minimum atomic E-state index is -3.95. The molecular weight excluding hydrogens is 375 g/mol. The molecule has 0 saturated heterocycles. The van der Waals surface area contributed by atoms with Gasteiger partial charge in [-0.25, -0.2) is 22.3 Å². The normalized spacial score (nSPS) is 11.1. The van der Waals surface area contributed by atoms with Gasteiger partial charge in [0, 0.05) is 5.69 Å². The molecule has 9 heteroatoms. The molecule has 0 fully saturated rings. The molecule has 0 aliphatic rings. The maximum Gasteiger partial charge on any atom is 0.338 e. The summed E-state index contributed by atoms with van der Waals surface area (Å²) in [6.07, 6.45) is 0. The average molecular weight is 394 g/mol. The average Bonchev–Trinajstić information content (AvgIpc) is 2.63. The third-order valence-electron chi connectivity index (χ3n) is 3.55. The third-order valence-corrected chi connectivity index (χ3v) is 4.97. The predicted octanol–water partition coefficient (Wildman–Crippen LogP) is 2.23. The number of halogens is 1. The Morgan fingerprint density at radius 3 is 2.37 bits per heavy atom. The van der Waals surface area contributed by atoms with Crippen LogP contribution in [-0.2, 0) is 19.6 Å². The Morgan fingerprint density at radius 1 is 1.11 bits per heavy atom. The van der Waals surface area contributed by atoms with Gasteiger partial charge >= 0.3 is 5.97 Å². The van der Waals surface area contributed by atoms with E-state index in [2.05, 4.69) is 10.0 Å². The van der Waals surface area contributed by atoms with Crippen molar-refractivity contribution >= 4 is 27.6 Å². The van der Waals surface area contributed by atoms with Gasteiger partial charge < -0.3 is 10.1 Å². The lowest BCUT2D eigenvalue weighted by atomic mass is 10.2. The maximum absolute atomic E-state index is 13.5. The van der Waals surface area contributed by atoms with Crippen molar-refractivity contribution in [3.63, 3.8) is 0 Å². The van der Waals surface area contributed by atoms with Crippen LogP contribution in [0.25, 0.3) is 0 Å². The highest BCUT2D eigenvalue weighted by atomic mass is 32.2. The van der Waals surface area contributed by atoms with Crippen LogP contribution in [0.15, 0.2) is 47.4 Å². The first kappa shape index (κ1) is 20.5. The lowest BCUT2D eigenvalue weighted by molar-refractivity contribution is -0.115. The summed E-state index contributed by atoms with van der Waals surface area (Å²) in [6, 6.07) is 9.28. The third kappa shape index (κ3) is 5.60. The Kier molecular flexibility index (Phi) is 6.65. The van der Waals surface area contributed by atoms with Gasteiger partial charge in [0.25, 0.3) is 0 Å². The zero-order chi connectivity index (χ0) is 20.0. The Labute approximate surface area is 156 Å². The summed E-state index contributed by atoms with van der Waals surface area (Å²) in [6.45, 7) is 2.93. The van der Waals surface area contributed by atoms with Gasteiger partial charge in [-0.2, -0.15) is 0 Å². The minimum Gasteiger partial charge on any atom is -0.462 e. The zero-order valence-corrected chi connectivity index (χ0v) is 15.6. The molecule has 0 atom stereocenters. The van der Waals surface area contributed by atoms with Gasteiger partial charge in [-0.1, -0.05) is 6.07 Å². The molecule has 0 aliphatic heterocycles. The Balaban J connectivity index is 1.98. The molecule has 0 heterocycles. The van der Waals surface area contributed by atoms with E-state index in [4.69, 9.17) is 4.74 Å². The molecule has 0 spiro atoms. The second kappa shape index (κ2) is 8.74. The van der Waals surface area contributed by atoms with Crippen LogP contribution < -0.4 is 10.0 Å². The fraction of sp³-hybridized carbons (Fsp3) is 0.222. The number of rotatable bonds is 7. The van der Waals surface area contributed by atoms with Gasteiger partial charge in [0.15, 0.2) is 0 Å². The van der Waals surface area contributed by atoms with Gasteiger partial charge in [0.1, 0.15) is 5.82 Å². The second-order valence-electron chi connectivity index (χ2n) is 5.58. The van der Waals surface area contributed by atoms with Crippen molar-refractivity contribution in [1.29, 1.82) is 0 Å². The smallest absolute Gasteiger partial charge is 0.338 e. The van der Waals surface area contributed by atoms with Crippen molar-refractivity contribution in [2.24, 2.45) is 0 Å². The van der Waals surface area contributed by atoms with Crippen molar-refractivity contribution in [2.45, 2.75) is 18.7 Å². The molecule has 0 radical (unpaired) electrons. The molecule has 2 aromatic carbocycles. The molecule has 144 valence electrons. The maximum atomic E-state index is 13.5. The summed E-state index contributed by atoms with van der Waals surface area (Å²) >= 11 is 0. The minimum absolute atomic E-state index is 0.107. The number of aryl methyl sites for hydroxylation is 1. The first-order valence-corrected chi connectivity index (χ1v) is 9.54. The summed E-state index contributed by atoms with van der Waals surface area (Å²) in [5, 5.41) is 2.41. The van der Waals surface area contributed by atoms with E-state index >= 15 is 0 Å². The van der Waals surface area contributed by atoms with Gasteiger partial charge in [-0.15, -0.1) is 0 Å². The van der Waals surface area contributed by atoms with Crippen LogP contribution in [0.2, 0.25) is 0 Å². The fourth-order valence-corrected chi connectivity index (χ4v) is 3.09. The van der Waals surface area contributed by atoms with Crippen molar-refractivity contribution < 1.29 is 27.1 Å². The molecule has 0 aliphatic carbocycles. The van der Waals surface area contributed by atoms with Crippen molar-refractivity contribution in [2.75, 3.05) is 18.5 Å². The first-order chi connectivity index (χ1) is 12.7. The number of benzene rings is 2. The van der Waals surface area contributed by atoms with Crippen molar-refractivity contribution in [1.82, 2.24) is 4.72 Å². The van der Waals surface area contributed by atoms with Crippen LogP contribution in [-0.4, -0.2) is 33.4 Å². The number of nitrogens with one attached hydrogen (secondary N) is 2. The molecule has 2 rings (SSSR count). The van der Waals surface area contributed by atoms with Gasteiger partial charge in [-0.05, 0) is 55.8 Å². The number of amides is 1. The SMILES string of the molecule is CCOC(=O)c1ccc(S(=O)(=O)NCC(=O)Nc2ccc(C)c(F)c2)cc1. The van der Waals surface area contributed by atoms with Crippen LogP contribution in [0.5, 0.6) is 0 Å². The molecule has 27 heavy (non-hydrogen) atoms. The van der Waals surface area contributed by atoms with E-state index < -0.39 is 34.3 Å². The van der Waals surface area contributed by atoms with E-state index in [-0.39, 0.29) is 22.8 Å². The number of sulfonamides is 1. The second-order valence-corrected chi connectivity index (χ2v) is 7.35. The number of hydrogen-bond acceptors (Lipinski definition) is 5. The van der Waals surface area contributed by atoms with E-state index in [0.29, 0.717) is 5.56 Å². The summed E-state index contributed by atoms with van der Waals surface area (Å²) in [5.41, 5.74) is 0.871. The number of esters is 1. The number of carbonyl (C=O) groups is 2. The topological polar surface area (TPSA) is 102 Å². The van der Waals surface area contributed by atoms with Gasteiger partial charge in [0.05, 0.1) is 23.6 Å². The largest absolute Gasteiger partial charge is 0.462 e.